The summed E-state index contributed by atoms with van der Waals surface area (Å²) in [5.41, 5.74) is 0.506. The number of esters is 1. The average molecular weight is 238 g/mol. The Bertz CT molecular complexity index is 270. The number of hydrogen-bond acceptors (Lipinski definition) is 2. The second-order valence-corrected chi connectivity index (χ2v) is 5.33. The van der Waals surface area contributed by atoms with Crippen molar-refractivity contribution in [2.75, 3.05) is 0 Å². The number of carbonyl (C=O) groups is 1. The van der Waals surface area contributed by atoms with Gasteiger partial charge in [-0.2, -0.15) is 0 Å². The number of ether oxygens (including phenoxy) is 1. The van der Waals surface area contributed by atoms with Crippen LogP contribution in [0.3, 0.4) is 0 Å². The zero-order valence-electron chi connectivity index (χ0n) is 11.5. The van der Waals surface area contributed by atoms with Crippen molar-refractivity contribution in [3.05, 3.63) is 12.2 Å². The molecule has 1 saturated carbocycles. The normalized spacial score (nSPS) is 26.3. The molecule has 0 bridgehead atoms. The molecule has 1 rings (SSSR count). The maximum atomic E-state index is 11.6. The molecule has 0 aromatic rings. The molecule has 0 spiro atoms. The van der Waals surface area contributed by atoms with E-state index in [0.717, 1.165) is 12.3 Å². The number of carbonyl (C=O) groups excluding carboxylic acids is 1. The molecule has 1 fully saturated rings. The highest BCUT2D eigenvalue weighted by Crippen LogP contribution is 2.35. The van der Waals surface area contributed by atoms with Crippen molar-refractivity contribution in [3.63, 3.8) is 0 Å². The molecule has 0 aliphatic heterocycles. The molecule has 0 aromatic carbocycles. The van der Waals surface area contributed by atoms with E-state index in [9.17, 15) is 4.79 Å². The molecule has 2 nitrogen and oxygen atoms in total. The van der Waals surface area contributed by atoms with Crippen molar-refractivity contribution in [2.24, 2.45) is 11.8 Å². The van der Waals surface area contributed by atoms with Gasteiger partial charge in [-0.15, -0.1) is 0 Å². The fourth-order valence-electron chi connectivity index (χ4n) is 2.79. The van der Waals surface area contributed by atoms with Gasteiger partial charge in [0.05, 0.1) is 0 Å². The Labute approximate surface area is 105 Å². The topological polar surface area (TPSA) is 26.3 Å². The Morgan fingerprint density at radius 3 is 2.65 bits per heavy atom. The van der Waals surface area contributed by atoms with Crippen LogP contribution in [0.1, 0.15) is 59.3 Å². The molecule has 1 aliphatic rings. The van der Waals surface area contributed by atoms with Gasteiger partial charge in [-0.05, 0) is 38.0 Å². The first-order valence-electron chi connectivity index (χ1n) is 6.94. The predicted octanol–water partition coefficient (Wildman–Crippen LogP) is 4.10. The van der Waals surface area contributed by atoms with Crippen molar-refractivity contribution < 1.29 is 9.53 Å². The van der Waals surface area contributed by atoms with E-state index in [-0.39, 0.29) is 12.1 Å². The van der Waals surface area contributed by atoms with Crippen molar-refractivity contribution in [3.8, 4) is 0 Å². The maximum Gasteiger partial charge on any atom is 0.333 e. The Kier molecular flexibility index (Phi) is 5.73. The van der Waals surface area contributed by atoms with Gasteiger partial charge in [-0.25, -0.2) is 4.79 Å². The molecule has 98 valence electrons. The number of rotatable bonds is 5. The third kappa shape index (κ3) is 4.18. The molecule has 3 unspecified atom stereocenters. The van der Waals surface area contributed by atoms with Crippen molar-refractivity contribution >= 4 is 5.97 Å². The van der Waals surface area contributed by atoms with E-state index in [1.807, 2.05) is 0 Å². The third-order valence-corrected chi connectivity index (χ3v) is 3.94. The highest BCUT2D eigenvalue weighted by molar-refractivity contribution is 5.87. The molecule has 17 heavy (non-hydrogen) atoms. The molecule has 0 aromatic heterocycles. The summed E-state index contributed by atoms with van der Waals surface area (Å²) in [6.45, 7) is 9.72. The molecule has 0 radical (unpaired) electrons. The Morgan fingerprint density at radius 1 is 1.41 bits per heavy atom. The lowest BCUT2D eigenvalue weighted by Crippen LogP contribution is -2.30. The summed E-state index contributed by atoms with van der Waals surface area (Å²) in [6.07, 6.45) is 7.31. The number of hydrogen-bond donors (Lipinski definition) is 0. The highest BCUT2D eigenvalue weighted by atomic mass is 16.5. The monoisotopic (exact) mass is 238 g/mol. The minimum atomic E-state index is -0.226. The van der Waals surface area contributed by atoms with Gasteiger partial charge in [0.25, 0.3) is 0 Å². The zero-order valence-corrected chi connectivity index (χ0v) is 11.5. The van der Waals surface area contributed by atoms with Crippen LogP contribution in [0.15, 0.2) is 12.2 Å². The van der Waals surface area contributed by atoms with E-state index in [0.29, 0.717) is 11.5 Å². The van der Waals surface area contributed by atoms with Crippen LogP contribution in [-0.2, 0) is 9.53 Å². The second-order valence-electron chi connectivity index (χ2n) is 5.33. The summed E-state index contributed by atoms with van der Waals surface area (Å²) >= 11 is 0. The van der Waals surface area contributed by atoms with Crippen molar-refractivity contribution in [2.45, 2.75) is 65.4 Å². The summed E-state index contributed by atoms with van der Waals surface area (Å²) in [6, 6.07) is 0. The van der Waals surface area contributed by atoms with Crippen LogP contribution in [0.25, 0.3) is 0 Å². The average Bonchev–Trinajstić information content (AvgIpc) is 2.35. The van der Waals surface area contributed by atoms with Crippen LogP contribution in [-0.4, -0.2) is 12.1 Å². The SMILES string of the molecule is C=C(C)C(=O)OC(CC)C1CCCC(CC)C1. The summed E-state index contributed by atoms with van der Waals surface area (Å²) in [4.78, 5) is 11.6. The van der Waals surface area contributed by atoms with E-state index >= 15 is 0 Å². The van der Waals surface area contributed by atoms with Crippen LogP contribution in [0, 0.1) is 11.8 Å². The maximum absolute atomic E-state index is 11.6. The van der Waals surface area contributed by atoms with Gasteiger partial charge in [-0.3, -0.25) is 0 Å². The first-order chi connectivity index (χ1) is 8.08. The molecule has 1 aliphatic carbocycles. The molecular formula is C15H26O2. The Morgan fingerprint density at radius 2 is 2.12 bits per heavy atom. The largest absolute Gasteiger partial charge is 0.459 e. The summed E-state index contributed by atoms with van der Waals surface area (Å²) < 4.78 is 5.55. The van der Waals surface area contributed by atoms with Crippen molar-refractivity contribution in [1.29, 1.82) is 0 Å². The predicted molar refractivity (Wildman–Crippen MR) is 70.7 cm³/mol. The van der Waals surface area contributed by atoms with Gasteiger partial charge in [0.15, 0.2) is 0 Å². The lowest BCUT2D eigenvalue weighted by molar-refractivity contribution is -0.148. The standard InChI is InChI=1S/C15H26O2/c1-5-12-8-7-9-13(10-12)14(6-2)17-15(16)11(3)4/h12-14H,3,5-10H2,1-2,4H3. The summed E-state index contributed by atoms with van der Waals surface area (Å²) in [5, 5.41) is 0. The third-order valence-electron chi connectivity index (χ3n) is 3.94. The van der Waals surface area contributed by atoms with E-state index in [2.05, 4.69) is 20.4 Å². The van der Waals surface area contributed by atoms with Crippen LogP contribution < -0.4 is 0 Å². The smallest absolute Gasteiger partial charge is 0.333 e. The molecule has 3 atom stereocenters. The van der Waals surface area contributed by atoms with Crippen LogP contribution in [0.4, 0.5) is 0 Å². The lowest BCUT2D eigenvalue weighted by Gasteiger charge is -2.33. The molecule has 0 saturated heterocycles. The highest BCUT2D eigenvalue weighted by Gasteiger charge is 2.29. The zero-order chi connectivity index (χ0) is 12.8. The minimum Gasteiger partial charge on any atom is -0.459 e. The second kappa shape index (κ2) is 6.83. The molecular weight excluding hydrogens is 212 g/mol. The van der Waals surface area contributed by atoms with Gasteiger partial charge in [0.1, 0.15) is 6.10 Å². The first-order valence-corrected chi connectivity index (χ1v) is 6.94. The quantitative estimate of drug-likeness (QED) is 0.532. The van der Waals surface area contributed by atoms with Gasteiger partial charge in [0.2, 0.25) is 0 Å². The molecule has 2 heteroatoms. The van der Waals surface area contributed by atoms with Crippen LogP contribution >= 0.6 is 0 Å². The van der Waals surface area contributed by atoms with E-state index in [1.54, 1.807) is 6.92 Å². The van der Waals surface area contributed by atoms with Gasteiger partial charge in [-0.1, -0.05) is 39.7 Å². The minimum absolute atomic E-state index is 0.0912. The summed E-state index contributed by atoms with van der Waals surface area (Å²) in [7, 11) is 0. The lowest BCUT2D eigenvalue weighted by atomic mass is 9.77. The van der Waals surface area contributed by atoms with Crippen LogP contribution in [0.5, 0.6) is 0 Å². The van der Waals surface area contributed by atoms with E-state index in [4.69, 9.17) is 4.74 Å². The van der Waals surface area contributed by atoms with Crippen molar-refractivity contribution in [1.82, 2.24) is 0 Å². The van der Waals surface area contributed by atoms with E-state index < -0.39 is 0 Å². The summed E-state index contributed by atoms with van der Waals surface area (Å²) in [5.74, 6) is 1.16. The molecule has 0 heterocycles. The van der Waals surface area contributed by atoms with Gasteiger partial charge >= 0.3 is 5.97 Å². The fourth-order valence-corrected chi connectivity index (χ4v) is 2.79. The van der Waals surface area contributed by atoms with Gasteiger partial charge < -0.3 is 4.74 Å². The Hall–Kier alpha value is -0.790. The Balaban J connectivity index is 2.54. The molecule has 0 amide bonds. The van der Waals surface area contributed by atoms with E-state index in [1.165, 1.54) is 32.1 Å². The molecule has 0 N–H and O–H groups in total. The fraction of sp³-hybridized carbons (Fsp3) is 0.800. The van der Waals surface area contributed by atoms with Gasteiger partial charge in [0, 0.05) is 5.57 Å². The first kappa shape index (κ1) is 14.3. The van der Waals surface area contributed by atoms with Crippen LogP contribution in [0.2, 0.25) is 0 Å².